The number of nitrogens with zero attached hydrogens (tertiary/aromatic N) is 6. The van der Waals surface area contributed by atoms with Gasteiger partial charge in [0.1, 0.15) is 5.52 Å². The van der Waals surface area contributed by atoms with Gasteiger partial charge in [0.05, 0.1) is 0 Å². The predicted octanol–water partition coefficient (Wildman–Crippen LogP) is 2.21. The fourth-order valence-electron chi connectivity index (χ4n) is 2.70. The minimum atomic E-state index is -0.0642. The molecule has 0 radical (unpaired) electrons. The molecule has 0 unspecified atom stereocenters. The zero-order valence-corrected chi connectivity index (χ0v) is 12.7. The summed E-state index contributed by atoms with van der Waals surface area (Å²) < 4.78 is 3.45. The lowest BCUT2D eigenvalue weighted by Gasteiger charge is -2.03. The normalized spacial score (nSPS) is 11.2. The molecule has 0 saturated carbocycles. The Labute approximate surface area is 131 Å². The van der Waals surface area contributed by atoms with E-state index in [0.29, 0.717) is 17.2 Å². The van der Waals surface area contributed by atoms with E-state index in [2.05, 4.69) is 20.1 Å². The van der Waals surface area contributed by atoms with Crippen LogP contribution in [0, 0.1) is 6.92 Å². The van der Waals surface area contributed by atoms with Crippen LogP contribution in [0.2, 0.25) is 0 Å². The third kappa shape index (κ3) is 2.05. The van der Waals surface area contributed by atoms with Gasteiger partial charge in [-0.05, 0) is 18.6 Å². The standard InChI is InChI=1S/C16H14N6O/c1-10-12(11-4-3-5-17-8-11)9-22-13(10)16(23)19-14(20-22)15-18-6-7-21(15)2/h3-9H,1-2H3,(H,19,20,23). The molecule has 4 aromatic rings. The molecule has 4 rings (SSSR count). The number of rotatable bonds is 2. The third-order valence-electron chi connectivity index (χ3n) is 3.86. The molecule has 1 N–H and O–H groups in total. The summed E-state index contributed by atoms with van der Waals surface area (Å²) in [5.74, 6) is 0.900. The van der Waals surface area contributed by atoms with Gasteiger partial charge in [-0.3, -0.25) is 4.98 Å². The molecular formula is C16H14N6O. The second-order valence-corrected chi connectivity index (χ2v) is 5.32. The quantitative estimate of drug-likeness (QED) is 0.614. The highest BCUT2D eigenvalue weighted by atomic mass is 16.3. The van der Waals surface area contributed by atoms with Gasteiger partial charge in [-0.25, -0.2) is 9.50 Å². The molecule has 23 heavy (non-hydrogen) atoms. The van der Waals surface area contributed by atoms with Crippen molar-refractivity contribution >= 4 is 5.52 Å². The average Bonchev–Trinajstić information content (AvgIpc) is 3.12. The molecule has 0 fully saturated rings. The minimum Gasteiger partial charge on any atom is -0.492 e. The van der Waals surface area contributed by atoms with Crippen molar-refractivity contribution in [1.82, 2.24) is 29.1 Å². The summed E-state index contributed by atoms with van der Waals surface area (Å²) in [4.78, 5) is 12.6. The molecule has 0 bridgehead atoms. The van der Waals surface area contributed by atoms with E-state index in [9.17, 15) is 5.11 Å². The Morgan fingerprint density at radius 3 is 2.78 bits per heavy atom. The summed E-state index contributed by atoms with van der Waals surface area (Å²) in [6.45, 7) is 1.93. The van der Waals surface area contributed by atoms with Crippen LogP contribution >= 0.6 is 0 Å². The van der Waals surface area contributed by atoms with Crippen LogP contribution in [-0.2, 0) is 7.05 Å². The molecule has 114 valence electrons. The van der Waals surface area contributed by atoms with Crippen molar-refractivity contribution in [2.45, 2.75) is 6.92 Å². The SMILES string of the molecule is Cc1c(-c2cccnc2)cn2nc(-c3nccn3C)nc(O)c12. The van der Waals surface area contributed by atoms with E-state index < -0.39 is 0 Å². The molecule has 0 amide bonds. The van der Waals surface area contributed by atoms with E-state index in [1.54, 1.807) is 27.7 Å². The third-order valence-corrected chi connectivity index (χ3v) is 3.86. The van der Waals surface area contributed by atoms with Crippen LogP contribution in [0.3, 0.4) is 0 Å². The van der Waals surface area contributed by atoms with Crippen molar-refractivity contribution in [3.05, 3.63) is 48.7 Å². The van der Waals surface area contributed by atoms with Crippen molar-refractivity contribution in [2.75, 3.05) is 0 Å². The van der Waals surface area contributed by atoms with Gasteiger partial charge in [0.25, 0.3) is 0 Å². The Balaban J connectivity index is 1.96. The molecular weight excluding hydrogens is 292 g/mol. The molecule has 4 heterocycles. The second kappa shape index (κ2) is 4.91. The fourth-order valence-corrected chi connectivity index (χ4v) is 2.70. The molecule has 7 nitrogen and oxygen atoms in total. The molecule has 0 atom stereocenters. The number of aromatic nitrogens is 6. The minimum absolute atomic E-state index is 0.0642. The van der Waals surface area contributed by atoms with Gasteiger partial charge in [0, 0.05) is 49.2 Å². The number of hydrogen-bond donors (Lipinski definition) is 1. The predicted molar refractivity (Wildman–Crippen MR) is 84.8 cm³/mol. The van der Waals surface area contributed by atoms with Crippen molar-refractivity contribution in [2.24, 2.45) is 7.05 Å². The molecule has 0 aliphatic carbocycles. The number of hydrogen-bond acceptors (Lipinski definition) is 5. The average molecular weight is 306 g/mol. The summed E-state index contributed by atoms with van der Waals surface area (Å²) in [6, 6.07) is 3.85. The number of aromatic hydroxyl groups is 1. The monoisotopic (exact) mass is 306 g/mol. The van der Waals surface area contributed by atoms with Crippen LogP contribution in [0.15, 0.2) is 43.1 Å². The number of pyridine rings is 1. The topological polar surface area (TPSA) is 81.1 Å². The highest BCUT2D eigenvalue weighted by Crippen LogP contribution is 2.31. The maximum atomic E-state index is 10.4. The second-order valence-electron chi connectivity index (χ2n) is 5.32. The van der Waals surface area contributed by atoms with E-state index in [1.807, 2.05) is 38.5 Å². The Hall–Kier alpha value is -3.22. The van der Waals surface area contributed by atoms with E-state index in [4.69, 9.17) is 0 Å². The van der Waals surface area contributed by atoms with Crippen molar-refractivity contribution < 1.29 is 5.11 Å². The molecule has 0 aliphatic heterocycles. The zero-order chi connectivity index (χ0) is 16.0. The van der Waals surface area contributed by atoms with Gasteiger partial charge in [0.15, 0.2) is 5.82 Å². The Morgan fingerprint density at radius 1 is 1.22 bits per heavy atom. The van der Waals surface area contributed by atoms with Gasteiger partial charge < -0.3 is 9.67 Å². The number of imidazole rings is 1. The Bertz CT molecular complexity index is 1000. The molecule has 0 aliphatic rings. The summed E-state index contributed by atoms with van der Waals surface area (Å²) in [5, 5.41) is 14.8. The van der Waals surface area contributed by atoms with E-state index in [0.717, 1.165) is 16.7 Å². The summed E-state index contributed by atoms with van der Waals surface area (Å²) in [7, 11) is 1.86. The largest absolute Gasteiger partial charge is 0.492 e. The van der Waals surface area contributed by atoms with Crippen LogP contribution in [0.5, 0.6) is 5.88 Å². The first-order chi connectivity index (χ1) is 11.1. The summed E-state index contributed by atoms with van der Waals surface area (Å²) in [5.41, 5.74) is 3.41. The lowest BCUT2D eigenvalue weighted by Crippen LogP contribution is -2.01. The molecule has 0 aromatic carbocycles. The first-order valence-corrected chi connectivity index (χ1v) is 7.12. The first kappa shape index (κ1) is 13.4. The highest BCUT2D eigenvalue weighted by molar-refractivity contribution is 5.78. The van der Waals surface area contributed by atoms with Gasteiger partial charge >= 0.3 is 0 Å². The van der Waals surface area contributed by atoms with E-state index in [1.165, 1.54) is 0 Å². The lowest BCUT2D eigenvalue weighted by molar-refractivity contribution is 0.454. The number of fused-ring (bicyclic) bond motifs is 1. The van der Waals surface area contributed by atoms with Crippen molar-refractivity contribution in [3.63, 3.8) is 0 Å². The van der Waals surface area contributed by atoms with Crippen molar-refractivity contribution in [3.8, 4) is 28.7 Å². The Kier molecular flexibility index (Phi) is 2.87. The van der Waals surface area contributed by atoms with Gasteiger partial charge in [0.2, 0.25) is 11.7 Å². The van der Waals surface area contributed by atoms with Crippen LogP contribution < -0.4 is 0 Å². The lowest BCUT2D eigenvalue weighted by atomic mass is 10.1. The van der Waals surface area contributed by atoms with E-state index in [-0.39, 0.29) is 5.88 Å². The Morgan fingerprint density at radius 2 is 2.09 bits per heavy atom. The zero-order valence-electron chi connectivity index (χ0n) is 12.7. The summed E-state index contributed by atoms with van der Waals surface area (Å²) in [6.07, 6.45) is 8.86. The van der Waals surface area contributed by atoms with Crippen LogP contribution in [0.4, 0.5) is 0 Å². The summed E-state index contributed by atoms with van der Waals surface area (Å²) >= 11 is 0. The van der Waals surface area contributed by atoms with Crippen LogP contribution in [0.25, 0.3) is 28.3 Å². The van der Waals surface area contributed by atoms with Gasteiger partial charge in [-0.15, -0.1) is 5.10 Å². The van der Waals surface area contributed by atoms with Gasteiger partial charge in [-0.1, -0.05) is 6.07 Å². The molecule has 0 spiro atoms. The number of aryl methyl sites for hydroxylation is 2. The van der Waals surface area contributed by atoms with Gasteiger partial charge in [-0.2, -0.15) is 4.98 Å². The fraction of sp³-hybridized carbons (Fsp3) is 0.125. The maximum Gasteiger partial charge on any atom is 0.240 e. The highest BCUT2D eigenvalue weighted by Gasteiger charge is 2.17. The molecule has 7 heteroatoms. The van der Waals surface area contributed by atoms with Crippen LogP contribution in [0.1, 0.15) is 5.56 Å². The molecule has 4 aromatic heterocycles. The van der Waals surface area contributed by atoms with Crippen molar-refractivity contribution in [1.29, 1.82) is 0 Å². The first-order valence-electron chi connectivity index (χ1n) is 7.12. The van der Waals surface area contributed by atoms with E-state index >= 15 is 0 Å². The maximum absolute atomic E-state index is 10.4. The smallest absolute Gasteiger partial charge is 0.240 e. The van der Waals surface area contributed by atoms with Crippen LogP contribution in [-0.4, -0.2) is 34.2 Å². The molecule has 0 saturated heterocycles.